The lowest BCUT2D eigenvalue weighted by molar-refractivity contribution is -0.142. The predicted molar refractivity (Wildman–Crippen MR) is 52.9 cm³/mol. The van der Waals surface area contributed by atoms with Gasteiger partial charge in [0.2, 0.25) is 0 Å². The summed E-state index contributed by atoms with van der Waals surface area (Å²) in [5, 5.41) is 9.46. The largest absolute Gasteiger partial charge is 0.469 e. The topological polar surface area (TPSA) is 49.8 Å². The molecule has 0 spiro atoms. The zero-order valence-corrected chi connectivity index (χ0v) is 8.90. The first-order chi connectivity index (χ1) is 6.63. The minimum atomic E-state index is -0.233. The summed E-state index contributed by atoms with van der Waals surface area (Å²) >= 11 is 0. The Labute approximate surface area is 84.8 Å². The first-order valence-corrected chi connectivity index (χ1v) is 5.12. The van der Waals surface area contributed by atoms with Gasteiger partial charge in [-0.25, -0.2) is 0 Å². The smallest absolute Gasteiger partial charge is 0.307 e. The summed E-state index contributed by atoms with van der Waals surface area (Å²) in [7, 11) is 1.40. The van der Waals surface area contributed by atoms with Crippen molar-refractivity contribution >= 4 is 5.97 Å². The molecule has 4 heteroatoms. The Balaban J connectivity index is 2.35. The van der Waals surface area contributed by atoms with E-state index in [0.717, 1.165) is 19.4 Å². The van der Waals surface area contributed by atoms with E-state index in [0.29, 0.717) is 13.0 Å². The maximum absolute atomic E-state index is 11.0. The Morgan fingerprint density at radius 3 is 3.00 bits per heavy atom. The van der Waals surface area contributed by atoms with E-state index in [9.17, 15) is 9.90 Å². The highest BCUT2D eigenvalue weighted by Gasteiger charge is 2.23. The number of hydrogen-bond donors (Lipinski definition) is 1. The number of carbonyl (C=O) groups excluding carboxylic acids is 1. The monoisotopic (exact) mass is 201 g/mol. The van der Waals surface area contributed by atoms with Crippen LogP contribution in [0.3, 0.4) is 0 Å². The van der Waals surface area contributed by atoms with Gasteiger partial charge in [-0.15, -0.1) is 0 Å². The fraction of sp³-hybridized carbons (Fsp3) is 0.900. The van der Waals surface area contributed by atoms with Gasteiger partial charge in [-0.1, -0.05) is 0 Å². The van der Waals surface area contributed by atoms with Gasteiger partial charge >= 0.3 is 5.97 Å². The molecular formula is C10H19NO3. The molecule has 1 unspecified atom stereocenters. The number of β-amino-alcohol motifs (C(OH)–C–C–N with tert-alkyl or cyclic N) is 1. The lowest BCUT2D eigenvalue weighted by Gasteiger charge is -2.34. The molecule has 0 amide bonds. The van der Waals surface area contributed by atoms with E-state index in [4.69, 9.17) is 0 Å². The summed E-state index contributed by atoms with van der Waals surface area (Å²) in [6.07, 6.45) is 2.06. The fourth-order valence-corrected chi connectivity index (χ4v) is 1.84. The van der Waals surface area contributed by atoms with Gasteiger partial charge in [0.1, 0.15) is 0 Å². The van der Waals surface area contributed by atoms with Crippen molar-refractivity contribution in [2.75, 3.05) is 20.2 Å². The Morgan fingerprint density at radius 2 is 2.43 bits per heavy atom. The van der Waals surface area contributed by atoms with Gasteiger partial charge in [0, 0.05) is 12.6 Å². The number of likely N-dealkylation sites (tertiary alicyclic amines) is 1. The molecule has 82 valence electrons. The number of nitrogens with zero attached hydrogens (tertiary/aromatic N) is 1. The molecule has 1 heterocycles. The molecule has 1 fully saturated rings. The number of esters is 1. The van der Waals surface area contributed by atoms with Crippen LogP contribution in [-0.4, -0.2) is 48.3 Å². The normalized spacial score (nSPS) is 25.8. The zero-order valence-electron chi connectivity index (χ0n) is 8.90. The summed E-state index contributed by atoms with van der Waals surface area (Å²) in [5.74, 6) is -0.183. The number of carbonyl (C=O) groups is 1. The van der Waals surface area contributed by atoms with Crippen molar-refractivity contribution in [1.29, 1.82) is 0 Å². The van der Waals surface area contributed by atoms with E-state index in [1.807, 2.05) is 6.92 Å². The molecule has 1 aliphatic rings. The summed E-state index contributed by atoms with van der Waals surface area (Å²) < 4.78 is 4.61. The molecule has 1 saturated heterocycles. The Kier molecular flexibility index (Phi) is 4.35. The van der Waals surface area contributed by atoms with Crippen LogP contribution >= 0.6 is 0 Å². The average Bonchev–Trinajstić information content (AvgIpc) is 2.17. The van der Waals surface area contributed by atoms with Crippen LogP contribution < -0.4 is 0 Å². The van der Waals surface area contributed by atoms with Crippen LogP contribution in [0.15, 0.2) is 0 Å². The number of ether oxygens (including phenoxy) is 1. The molecule has 4 nitrogen and oxygen atoms in total. The predicted octanol–water partition coefficient (Wildman–Crippen LogP) is 0.395. The van der Waals surface area contributed by atoms with Crippen LogP contribution in [0.4, 0.5) is 0 Å². The van der Waals surface area contributed by atoms with E-state index in [1.165, 1.54) is 7.11 Å². The van der Waals surface area contributed by atoms with E-state index < -0.39 is 0 Å². The van der Waals surface area contributed by atoms with Crippen LogP contribution in [0.5, 0.6) is 0 Å². The average molecular weight is 201 g/mol. The van der Waals surface area contributed by atoms with Crippen LogP contribution in [-0.2, 0) is 9.53 Å². The summed E-state index contributed by atoms with van der Waals surface area (Å²) in [6.45, 7) is 3.64. The quantitative estimate of drug-likeness (QED) is 0.671. The number of piperidine rings is 1. The second-order valence-electron chi connectivity index (χ2n) is 3.92. The minimum Gasteiger partial charge on any atom is -0.469 e. The van der Waals surface area contributed by atoms with Crippen molar-refractivity contribution in [3.63, 3.8) is 0 Å². The van der Waals surface area contributed by atoms with Gasteiger partial charge in [0.25, 0.3) is 0 Å². The summed E-state index contributed by atoms with van der Waals surface area (Å²) in [4.78, 5) is 13.2. The molecule has 0 aliphatic carbocycles. The standard InChI is InChI=1S/C10H19NO3/c1-8(6-10(13)14-2)11-5-3-4-9(12)7-11/h8-9,12H,3-7H2,1-2H3/t8?,9-/m0/s1. The Morgan fingerprint density at radius 1 is 1.71 bits per heavy atom. The van der Waals surface area contributed by atoms with E-state index in [1.54, 1.807) is 0 Å². The Hall–Kier alpha value is -0.610. The van der Waals surface area contributed by atoms with Gasteiger partial charge in [0.05, 0.1) is 19.6 Å². The van der Waals surface area contributed by atoms with Crippen LogP contribution in [0.1, 0.15) is 26.2 Å². The second-order valence-corrected chi connectivity index (χ2v) is 3.92. The lowest BCUT2D eigenvalue weighted by atomic mass is 10.1. The third-order valence-electron chi connectivity index (χ3n) is 2.74. The summed E-state index contributed by atoms with van der Waals surface area (Å²) in [6, 6.07) is 0.164. The van der Waals surface area contributed by atoms with Crippen LogP contribution in [0.25, 0.3) is 0 Å². The first kappa shape index (κ1) is 11.5. The highest BCUT2D eigenvalue weighted by Crippen LogP contribution is 2.14. The third-order valence-corrected chi connectivity index (χ3v) is 2.74. The SMILES string of the molecule is COC(=O)CC(C)N1CCC[C@H](O)C1. The highest BCUT2D eigenvalue weighted by atomic mass is 16.5. The van der Waals surface area contributed by atoms with Crippen LogP contribution in [0, 0.1) is 0 Å². The molecule has 0 aromatic heterocycles. The molecule has 0 saturated carbocycles. The van der Waals surface area contributed by atoms with Crippen molar-refractivity contribution < 1.29 is 14.6 Å². The van der Waals surface area contributed by atoms with Crippen molar-refractivity contribution in [3.8, 4) is 0 Å². The summed E-state index contributed by atoms with van der Waals surface area (Å²) in [5.41, 5.74) is 0. The van der Waals surface area contributed by atoms with Crippen molar-refractivity contribution in [2.24, 2.45) is 0 Å². The van der Waals surface area contributed by atoms with E-state index in [2.05, 4.69) is 9.64 Å². The van der Waals surface area contributed by atoms with Gasteiger partial charge in [-0.2, -0.15) is 0 Å². The Bertz CT molecular complexity index is 196. The number of hydrogen-bond acceptors (Lipinski definition) is 4. The molecule has 0 aromatic carbocycles. The minimum absolute atomic E-state index is 0.164. The van der Waals surface area contributed by atoms with Gasteiger partial charge in [0.15, 0.2) is 0 Å². The number of methoxy groups -OCH3 is 1. The zero-order chi connectivity index (χ0) is 10.6. The second kappa shape index (κ2) is 5.32. The van der Waals surface area contributed by atoms with Crippen molar-refractivity contribution in [3.05, 3.63) is 0 Å². The van der Waals surface area contributed by atoms with E-state index in [-0.39, 0.29) is 18.1 Å². The molecule has 0 radical (unpaired) electrons. The van der Waals surface area contributed by atoms with Gasteiger partial charge < -0.3 is 9.84 Å². The van der Waals surface area contributed by atoms with Crippen molar-refractivity contribution in [1.82, 2.24) is 4.90 Å². The number of aliphatic hydroxyl groups excluding tert-OH is 1. The van der Waals surface area contributed by atoms with Gasteiger partial charge in [-0.3, -0.25) is 9.69 Å². The number of aliphatic hydroxyl groups is 1. The highest BCUT2D eigenvalue weighted by molar-refractivity contribution is 5.69. The molecular weight excluding hydrogens is 182 g/mol. The maximum atomic E-state index is 11.0. The van der Waals surface area contributed by atoms with Crippen molar-refractivity contribution in [2.45, 2.75) is 38.3 Å². The number of rotatable bonds is 3. The molecule has 0 aromatic rings. The lowest BCUT2D eigenvalue weighted by Crippen LogP contribution is -2.44. The maximum Gasteiger partial charge on any atom is 0.307 e. The first-order valence-electron chi connectivity index (χ1n) is 5.12. The fourth-order valence-electron chi connectivity index (χ4n) is 1.84. The van der Waals surface area contributed by atoms with E-state index >= 15 is 0 Å². The molecule has 1 aliphatic heterocycles. The molecule has 1 N–H and O–H groups in total. The molecule has 1 rings (SSSR count). The molecule has 0 bridgehead atoms. The van der Waals surface area contributed by atoms with Crippen LogP contribution in [0.2, 0.25) is 0 Å². The molecule has 2 atom stereocenters. The van der Waals surface area contributed by atoms with Gasteiger partial charge in [-0.05, 0) is 26.3 Å². The third kappa shape index (κ3) is 3.27. The molecule has 14 heavy (non-hydrogen) atoms.